The maximum Gasteiger partial charge on any atom is 0.313 e. The van der Waals surface area contributed by atoms with Crippen molar-refractivity contribution in [2.24, 2.45) is 0 Å². The highest BCUT2D eigenvalue weighted by Gasteiger charge is 2.06. The zero-order chi connectivity index (χ0) is 16.8. The first-order chi connectivity index (χ1) is 11.7. The number of nitrogens with two attached hydrogens (primary N) is 1. The lowest BCUT2D eigenvalue weighted by atomic mass is 10.2. The summed E-state index contributed by atoms with van der Waals surface area (Å²) in [5, 5.41) is 8.14. The van der Waals surface area contributed by atoms with Crippen LogP contribution in [0.3, 0.4) is 0 Å². The molecule has 0 spiro atoms. The highest BCUT2D eigenvalue weighted by atomic mass is 35.5. The van der Waals surface area contributed by atoms with Crippen LogP contribution in [0.15, 0.2) is 52.9 Å². The molecule has 124 valence electrons. The summed E-state index contributed by atoms with van der Waals surface area (Å²) in [4.78, 5) is 0. The van der Waals surface area contributed by atoms with Crippen molar-refractivity contribution in [3.05, 3.63) is 53.6 Å². The Morgan fingerprint density at radius 3 is 2.00 bits per heavy atom. The van der Waals surface area contributed by atoms with Gasteiger partial charge in [-0.15, -0.1) is 5.10 Å². The molecular weight excluding hydrogens is 330 g/mol. The second kappa shape index (κ2) is 7.70. The maximum absolute atomic E-state index is 5.82. The largest absolute Gasteiger partial charge is 0.493 e. The van der Waals surface area contributed by atoms with E-state index in [1.165, 1.54) is 0 Å². The SMILES string of the molecule is Nc1nnc(-c2ccc(OCCCOc3ccc(Cl)cc3)cc2)o1. The number of nitrogen functional groups attached to an aromatic ring is 1. The van der Waals surface area contributed by atoms with Gasteiger partial charge >= 0.3 is 6.01 Å². The van der Waals surface area contributed by atoms with Crippen LogP contribution in [0.25, 0.3) is 11.5 Å². The summed E-state index contributed by atoms with van der Waals surface area (Å²) in [5.41, 5.74) is 6.20. The molecule has 7 heteroatoms. The summed E-state index contributed by atoms with van der Waals surface area (Å²) in [6.07, 6.45) is 0.768. The quantitative estimate of drug-likeness (QED) is 0.655. The van der Waals surface area contributed by atoms with Crippen LogP contribution in [-0.4, -0.2) is 23.4 Å². The second-order valence-corrected chi connectivity index (χ2v) is 5.41. The molecule has 2 aromatic carbocycles. The van der Waals surface area contributed by atoms with Crippen molar-refractivity contribution in [3.63, 3.8) is 0 Å². The minimum Gasteiger partial charge on any atom is -0.493 e. The molecule has 0 atom stereocenters. The smallest absolute Gasteiger partial charge is 0.313 e. The van der Waals surface area contributed by atoms with Crippen molar-refractivity contribution in [2.45, 2.75) is 6.42 Å². The predicted molar refractivity (Wildman–Crippen MR) is 91.2 cm³/mol. The summed E-state index contributed by atoms with van der Waals surface area (Å²) < 4.78 is 16.4. The normalized spacial score (nSPS) is 10.5. The van der Waals surface area contributed by atoms with Gasteiger partial charge in [0.1, 0.15) is 11.5 Å². The van der Waals surface area contributed by atoms with Crippen molar-refractivity contribution >= 4 is 17.6 Å². The number of hydrogen-bond donors (Lipinski definition) is 1. The molecule has 0 radical (unpaired) electrons. The second-order valence-electron chi connectivity index (χ2n) is 4.97. The van der Waals surface area contributed by atoms with Crippen molar-refractivity contribution in [3.8, 4) is 23.0 Å². The van der Waals surface area contributed by atoms with E-state index in [2.05, 4.69) is 10.2 Å². The fourth-order valence-corrected chi connectivity index (χ4v) is 2.14. The Hall–Kier alpha value is -2.73. The first-order valence-corrected chi connectivity index (χ1v) is 7.79. The highest BCUT2D eigenvalue weighted by Crippen LogP contribution is 2.22. The van der Waals surface area contributed by atoms with E-state index in [4.69, 9.17) is 31.2 Å². The van der Waals surface area contributed by atoms with Crippen LogP contribution in [-0.2, 0) is 0 Å². The average molecular weight is 346 g/mol. The van der Waals surface area contributed by atoms with Gasteiger partial charge in [0.15, 0.2) is 0 Å². The molecule has 0 saturated carbocycles. The molecule has 0 amide bonds. The summed E-state index contributed by atoms with van der Waals surface area (Å²) in [5.74, 6) is 1.94. The van der Waals surface area contributed by atoms with Gasteiger partial charge in [0, 0.05) is 17.0 Å². The molecule has 0 aliphatic carbocycles. The minimum absolute atomic E-state index is 0.0472. The molecule has 3 rings (SSSR count). The first-order valence-electron chi connectivity index (χ1n) is 7.41. The molecule has 24 heavy (non-hydrogen) atoms. The lowest BCUT2D eigenvalue weighted by Crippen LogP contribution is -2.04. The number of anilines is 1. The van der Waals surface area contributed by atoms with Gasteiger partial charge in [-0.3, -0.25) is 0 Å². The Kier molecular flexibility index (Phi) is 5.18. The molecule has 6 nitrogen and oxygen atoms in total. The van der Waals surface area contributed by atoms with Gasteiger partial charge in [-0.2, -0.15) is 0 Å². The third kappa shape index (κ3) is 4.39. The molecule has 1 heterocycles. The van der Waals surface area contributed by atoms with Crippen LogP contribution in [0.2, 0.25) is 5.02 Å². The fraction of sp³-hybridized carbons (Fsp3) is 0.176. The number of aromatic nitrogens is 2. The van der Waals surface area contributed by atoms with Gasteiger partial charge in [0.05, 0.1) is 13.2 Å². The third-order valence-electron chi connectivity index (χ3n) is 3.18. The molecule has 2 N–H and O–H groups in total. The number of halogens is 1. The van der Waals surface area contributed by atoms with Gasteiger partial charge < -0.3 is 19.6 Å². The third-order valence-corrected chi connectivity index (χ3v) is 3.43. The minimum atomic E-state index is 0.0472. The van der Waals surface area contributed by atoms with E-state index in [-0.39, 0.29) is 6.01 Å². The lowest BCUT2D eigenvalue weighted by Gasteiger charge is -2.08. The Labute approximate surface area is 144 Å². The highest BCUT2D eigenvalue weighted by molar-refractivity contribution is 6.30. The predicted octanol–water partition coefficient (Wildman–Crippen LogP) is 3.82. The molecule has 0 aliphatic rings. The Bertz CT molecular complexity index is 773. The number of hydrogen-bond acceptors (Lipinski definition) is 6. The lowest BCUT2D eigenvalue weighted by molar-refractivity contribution is 0.247. The maximum atomic E-state index is 5.82. The van der Waals surface area contributed by atoms with Crippen LogP contribution in [0.1, 0.15) is 6.42 Å². The Morgan fingerprint density at radius 2 is 1.46 bits per heavy atom. The van der Waals surface area contributed by atoms with Crippen molar-refractivity contribution in [1.29, 1.82) is 0 Å². The van der Waals surface area contributed by atoms with Crippen LogP contribution < -0.4 is 15.2 Å². The van der Waals surface area contributed by atoms with Crippen molar-refractivity contribution in [2.75, 3.05) is 18.9 Å². The van der Waals surface area contributed by atoms with Gasteiger partial charge in [-0.1, -0.05) is 16.7 Å². The van der Waals surface area contributed by atoms with E-state index in [1.54, 1.807) is 12.1 Å². The standard InChI is InChI=1S/C17H16ClN3O3/c18-13-4-8-15(9-5-13)23-11-1-10-22-14-6-2-12(3-7-14)16-20-21-17(19)24-16/h2-9H,1,10-11H2,(H2,19,21). The molecule has 0 bridgehead atoms. The summed E-state index contributed by atoms with van der Waals surface area (Å²) in [6, 6.07) is 14.7. The molecule has 0 unspecified atom stereocenters. The summed E-state index contributed by atoms with van der Waals surface area (Å²) >= 11 is 5.82. The number of nitrogens with zero attached hydrogens (tertiary/aromatic N) is 2. The zero-order valence-corrected chi connectivity index (χ0v) is 13.6. The molecule has 1 aromatic heterocycles. The van der Waals surface area contributed by atoms with Crippen molar-refractivity contribution in [1.82, 2.24) is 10.2 Å². The molecular formula is C17H16ClN3O3. The molecule has 0 saturated heterocycles. The van der Waals surface area contributed by atoms with Gasteiger partial charge in [0.2, 0.25) is 5.89 Å². The van der Waals surface area contributed by atoms with E-state index in [9.17, 15) is 0 Å². The van der Waals surface area contributed by atoms with E-state index in [0.29, 0.717) is 24.1 Å². The first kappa shape index (κ1) is 16.1. The van der Waals surface area contributed by atoms with Crippen LogP contribution in [0.4, 0.5) is 6.01 Å². The van der Waals surface area contributed by atoms with Crippen molar-refractivity contribution < 1.29 is 13.9 Å². The van der Waals surface area contributed by atoms with Gasteiger partial charge in [-0.05, 0) is 48.5 Å². The number of ether oxygens (including phenoxy) is 2. The van der Waals surface area contributed by atoms with E-state index in [1.807, 2.05) is 36.4 Å². The number of rotatable bonds is 7. The van der Waals surface area contributed by atoms with E-state index < -0.39 is 0 Å². The monoisotopic (exact) mass is 345 g/mol. The summed E-state index contributed by atoms with van der Waals surface area (Å²) in [7, 11) is 0. The van der Waals surface area contributed by atoms with Crippen LogP contribution >= 0.6 is 11.6 Å². The van der Waals surface area contributed by atoms with Crippen LogP contribution in [0, 0.1) is 0 Å². The summed E-state index contributed by atoms with van der Waals surface area (Å²) in [6.45, 7) is 1.13. The zero-order valence-electron chi connectivity index (χ0n) is 12.8. The van der Waals surface area contributed by atoms with E-state index in [0.717, 1.165) is 23.5 Å². The van der Waals surface area contributed by atoms with Gasteiger partial charge in [0.25, 0.3) is 0 Å². The van der Waals surface area contributed by atoms with E-state index >= 15 is 0 Å². The molecule has 0 fully saturated rings. The fourth-order valence-electron chi connectivity index (χ4n) is 2.01. The number of benzene rings is 2. The van der Waals surface area contributed by atoms with Crippen LogP contribution in [0.5, 0.6) is 11.5 Å². The Balaban J connectivity index is 1.41. The topological polar surface area (TPSA) is 83.4 Å². The average Bonchev–Trinajstić information content (AvgIpc) is 3.03. The molecule has 0 aliphatic heterocycles. The Morgan fingerprint density at radius 1 is 0.875 bits per heavy atom. The molecule has 3 aromatic rings. The van der Waals surface area contributed by atoms with Gasteiger partial charge in [-0.25, -0.2) is 0 Å².